The van der Waals surface area contributed by atoms with E-state index in [1.807, 2.05) is 49.3 Å². The van der Waals surface area contributed by atoms with Crippen molar-refractivity contribution in [1.29, 1.82) is 0 Å². The summed E-state index contributed by atoms with van der Waals surface area (Å²) >= 11 is 0. The maximum absolute atomic E-state index is 12.3. The average molecular weight is 312 g/mol. The molecule has 0 atom stereocenters. The first kappa shape index (κ1) is 16.8. The molecule has 0 aliphatic carbocycles. The number of benzene rings is 1. The first-order valence-electron chi connectivity index (χ1n) is 7.73. The number of carbonyl (C=O) groups excluding carboxylic acids is 1. The molecule has 2 aromatic rings. The van der Waals surface area contributed by atoms with Crippen LogP contribution in [0.25, 0.3) is 0 Å². The smallest absolute Gasteiger partial charge is 0.257 e. The third-order valence-electron chi connectivity index (χ3n) is 3.36. The molecule has 2 rings (SSSR count). The Labute approximate surface area is 137 Å². The number of rotatable bonds is 6. The molecule has 5 heteroatoms. The number of anilines is 3. The number of nitrogens with one attached hydrogen (secondary N) is 2. The van der Waals surface area contributed by atoms with E-state index >= 15 is 0 Å². The van der Waals surface area contributed by atoms with Crippen LogP contribution in [0.3, 0.4) is 0 Å². The van der Waals surface area contributed by atoms with Crippen molar-refractivity contribution in [2.45, 2.75) is 13.8 Å². The Morgan fingerprint density at radius 1 is 1.13 bits per heavy atom. The van der Waals surface area contributed by atoms with Crippen LogP contribution in [0.1, 0.15) is 24.2 Å². The van der Waals surface area contributed by atoms with Crippen molar-refractivity contribution in [3.63, 3.8) is 0 Å². The molecule has 1 aromatic heterocycles. The van der Waals surface area contributed by atoms with Crippen LogP contribution in [0.2, 0.25) is 0 Å². The van der Waals surface area contributed by atoms with Crippen molar-refractivity contribution in [1.82, 2.24) is 4.98 Å². The van der Waals surface area contributed by atoms with Crippen molar-refractivity contribution < 1.29 is 4.79 Å². The quantitative estimate of drug-likeness (QED) is 0.857. The lowest BCUT2D eigenvalue weighted by atomic mass is 10.2. The van der Waals surface area contributed by atoms with Crippen molar-refractivity contribution >= 4 is 23.0 Å². The van der Waals surface area contributed by atoms with Gasteiger partial charge >= 0.3 is 0 Å². The molecule has 1 amide bonds. The molecule has 0 aliphatic heterocycles. The molecular formula is C18H24N4O. The second kappa shape index (κ2) is 7.63. The van der Waals surface area contributed by atoms with Gasteiger partial charge in [-0.3, -0.25) is 9.78 Å². The number of amides is 1. The minimum absolute atomic E-state index is 0.164. The van der Waals surface area contributed by atoms with Gasteiger partial charge in [0.15, 0.2) is 0 Å². The van der Waals surface area contributed by atoms with E-state index in [9.17, 15) is 4.79 Å². The second-order valence-corrected chi connectivity index (χ2v) is 6.13. The van der Waals surface area contributed by atoms with Crippen LogP contribution in [0, 0.1) is 5.92 Å². The van der Waals surface area contributed by atoms with E-state index < -0.39 is 0 Å². The summed E-state index contributed by atoms with van der Waals surface area (Å²) in [5.74, 6) is 0.367. The van der Waals surface area contributed by atoms with Crippen molar-refractivity contribution in [3.05, 3.63) is 48.3 Å². The van der Waals surface area contributed by atoms with E-state index in [0.717, 1.165) is 23.6 Å². The third kappa shape index (κ3) is 4.98. The van der Waals surface area contributed by atoms with Crippen molar-refractivity contribution in [2.24, 2.45) is 5.92 Å². The lowest BCUT2D eigenvalue weighted by molar-refractivity contribution is 0.102. The fraction of sp³-hybridized carbons (Fsp3) is 0.333. The largest absolute Gasteiger partial charge is 0.384 e. The van der Waals surface area contributed by atoms with Crippen molar-refractivity contribution in [2.75, 3.05) is 36.2 Å². The zero-order chi connectivity index (χ0) is 16.8. The first-order chi connectivity index (χ1) is 11.0. The second-order valence-electron chi connectivity index (χ2n) is 6.13. The Morgan fingerprint density at radius 2 is 1.83 bits per heavy atom. The molecule has 0 radical (unpaired) electrons. The molecule has 0 bridgehead atoms. The molecular weight excluding hydrogens is 288 g/mol. The molecule has 0 aliphatic rings. The average Bonchev–Trinajstić information content (AvgIpc) is 2.53. The van der Waals surface area contributed by atoms with Crippen molar-refractivity contribution in [3.8, 4) is 0 Å². The Kier molecular flexibility index (Phi) is 5.57. The van der Waals surface area contributed by atoms with Gasteiger partial charge in [0.2, 0.25) is 0 Å². The number of carbonyl (C=O) groups is 1. The highest BCUT2D eigenvalue weighted by molar-refractivity contribution is 6.04. The summed E-state index contributed by atoms with van der Waals surface area (Å²) < 4.78 is 0. The predicted molar refractivity (Wildman–Crippen MR) is 96.3 cm³/mol. The molecule has 0 spiro atoms. The predicted octanol–water partition coefficient (Wildman–Crippen LogP) is 3.47. The molecule has 2 N–H and O–H groups in total. The number of pyridine rings is 1. The van der Waals surface area contributed by atoms with E-state index in [2.05, 4.69) is 29.5 Å². The number of hydrogen-bond acceptors (Lipinski definition) is 4. The fourth-order valence-corrected chi connectivity index (χ4v) is 2.03. The molecule has 0 fully saturated rings. The Hall–Kier alpha value is -2.56. The zero-order valence-electron chi connectivity index (χ0n) is 14.1. The minimum Gasteiger partial charge on any atom is -0.384 e. The molecule has 122 valence electrons. The van der Waals surface area contributed by atoms with Crippen LogP contribution in [-0.2, 0) is 0 Å². The van der Waals surface area contributed by atoms with Gasteiger partial charge in [-0.15, -0.1) is 0 Å². The lowest BCUT2D eigenvalue weighted by Crippen LogP contribution is -2.14. The third-order valence-corrected chi connectivity index (χ3v) is 3.36. The Morgan fingerprint density at radius 3 is 2.43 bits per heavy atom. The summed E-state index contributed by atoms with van der Waals surface area (Å²) in [6, 6.07) is 9.53. The van der Waals surface area contributed by atoms with Crippen LogP contribution in [-0.4, -0.2) is 31.5 Å². The first-order valence-corrected chi connectivity index (χ1v) is 7.73. The van der Waals surface area contributed by atoms with Crippen LogP contribution >= 0.6 is 0 Å². The van der Waals surface area contributed by atoms with Crippen LogP contribution in [0.15, 0.2) is 42.7 Å². The molecule has 1 aromatic carbocycles. The minimum atomic E-state index is -0.164. The van der Waals surface area contributed by atoms with Crippen LogP contribution in [0.5, 0.6) is 0 Å². The maximum atomic E-state index is 12.3. The summed E-state index contributed by atoms with van der Waals surface area (Å²) in [5, 5.41) is 6.17. The van der Waals surface area contributed by atoms with E-state index in [1.165, 1.54) is 0 Å². The summed E-state index contributed by atoms with van der Waals surface area (Å²) in [6.45, 7) is 5.11. The van der Waals surface area contributed by atoms with Gasteiger partial charge in [0.05, 0.1) is 11.3 Å². The normalized spacial score (nSPS) is 10.5. The van der Waals surface area contributed by atoms with Gasteiger partial charge in [-0.25, -0.2) is 0 Å². The standard InChI is InChI=1S/C18H24N4O/c1-13(2)10-20-16-9-14(11-19-12-16)18(23)21-15-5-7-17(8-6-15)22(3)4/h5-9,11-13,20H,10H2,1-4H3,(H,21,23). The molecule has 0 saturated heterocycles. The molecule has 23 heavy (non-hydrogen) atoms. The van der Waals surface area contributed by atoms with E-state index in [4.69, 9.17) is 0 Å². The van der Waals surface area contributed by atoms with E-state index in [0.29, 0.717) is 11.5 Å². The van der Waals surface area contributed by atoms with Gasteiger partial charge in [-0.1, -0.05) is 13.8 Å². The lowest BCUT2D eigenvalue weighted by Gasteiger charge is -2.13. The molecule has 0 saturated carbocycles. The molecule has 5 nitrogen and oxygen atoms in total. The summed E-state index contributed by atoms with van der Waals surface area (Å²) in [7, 11) is 3.96. The van der Waals surface area contributed by atoms with E-state index in [1.54, 1.807) is 12.4 Å². The Bertz CT molecular complexity index is 650. The summed E-state index contributed by atoms with van der Waals surface area (Å²) in [6.07, 6.45) is 3.30. The van der Waals surface area contributed by atoms with Gasteiger partial charge in [0, 0.05) is 44.4 Å². The highest BCUT2D eigenvalue weighted by Crippen LogP contribution is 2.17. The topological polar surface area (TPSA) is 57.3 Å². The molecule has 0 unspecified atom stereocenters. The van der Waals surface area contributed by atoms with Crippen LogP contribution < -0.4 is 15.5 Å². The zero-order valence-corrected chi connectivity index (χ0v) is 14.1. The fourth-order valence-electron chi connectivity index (χ4n) is 2.03. The number of aromatic nitrogens is 1. The SMILES string of the molecule is CC(C)CNc1cncc(C(=O)Nc2ccc(N(C)C)cc2)c1. The van der Waals surface area contributed by atoms with Gasteiger partial charge in [-0.2, -0.15) is 0 Å². The highest BCUT2D eigenvalue weighted by atomic mass is 16.1. The van der Waals surface area contributed by atoms with E-state index in [-0.39, 0.29) is 5.91 Å². The van der Waals surface area contributed by atoms with Crippen LogP contribution in [0.4, 0.5) is 17.1 Å². The van der Waals surface area contributed by atoms with Gasteiger partial charge in [-0.05, 0) is 36.2 Å². The maximum Gasteiger partial charge on any atom is 0.257 e. The molecule has 1 heterocycles. The number of nitrogens with zero attached hydrogens (tertiary/aromatic N) is 2. The van der Waals surface area contributed by atoms with Gasteiger partial charge in [0.25, 0.3) is 5.91 Å². The monoisotopic (exact) mass is 312 g/mol. The van der Waals surface area contributed by atoms with Gasteiger partial charge in [0.1, 0.15) is 0 Å². The highest BCUT2D eigenvalue weighted by Gasteiger charge is 2.08. The summed E-state index contributed by atoms with van der Waals surface area (Å²) in [4.78, 5) is 18.5. The van der Waals surface area contributed by atoms with Gasteiger partial charge < -0.3 is 15.5 Å². The summed E-state index contributed by atoms with van der Waals surface area (Å²) in [5.41, 5.74) is 3.25. The Balaban J connectivity index is 2.04. The number of hydrogen-bond donors (Lipinski definition) is 2.